The second-order valence-corrected chi connectivity index (χ2v) is 7.99. The number of amides is 1. The fourth-order valence-corrected chi connectivity index (χ4v) is 4.50. The van der Waals surface area contributed by atoms with E-state index in [1.807, 2.05) is 0 Å². The summed E-state index contributed by atoms with van der Waals surface area (Å²) in [7, 11) is -2.87. The van der Waals surface area contributed by atoms with Crippen molar-refractivity contribution < 1.29 is 22.7 Å². The van der Waals surface area contributed by atoms with Gasteiger partial charge in [-0.25, -0.2) is 23.2 Å². The van der Waals surface area contributed by atoms with E-state index in [2.05, 4.69) is 24.7 Å². The number of carbonyl (C=O) groups is 2. The lowest BCUT2D eigenvalue weighted by atomic mass is 10.3. The lowest BCUT2D eigenvalue weighted by molar-refractivity contribution is -0.120. The van der Waals surface area contributed by atoms with Gasteiger partial charge in [-0.1, -0.05) is 0 Å². The van der Waals surface area contributed by atoms with E-state index in [0.29, 0.717) is 18.9 Å². The van der Waals surface area contributed by atoms with Gasteiger partial charge >= 0.3 is 5.97 Å². The number of ether oxygens (including phenoxy) is 1. The Kier molecular flexibility index (Phi) is 5.04. The van der Waals surface area contributed by atoms with Crippen molar-refractivity contribution in [3.63, 3.8) is 0 Å². The van der Waals surface area contributed by atoms with E-state index in [-0.39, 0.29) is 28.0 Å². The largest absolute Gasteiger partial charge is 0.464 e. The monoisotopic (exact) mass is 397 g/mol. The number of hydrogen-bond donors (Lipinski definition) is 2. The SMILES string of the molecule is COC(=O)c1ncsc1S(=O)(=O)Nc1ccc(N2CCNC(=O)C2)nc1. The number of nitrogens with zero attached hydrogens (tertiary/aromatic N) is 3. The van der Waals surface area contributed by atoms with Crippen LogP contribution in [-0.2, 0) is 19.6 Å². The van der Waals surface area contributed by atoms with E-state index >= 15 is 0 Å². The normalized spacial score (nSPS) is 14.7. The topological polar surface area (TPSA) is 131 Å². The molecule has 12 heteroatoms. The number of hydrogen-bond acceptors (Lipinski definition) is 9. The van der Waals surface area contributed by atoms with Crippen molar-refractivity contribution >= 4 is 44.7 Å². The molecule has 3 rings (SSSR count). The van der Waals surface area contributed by atoms with Crippen LogP contribution in [0.1, 0.15) is 10.5 Å². The molecule has 1 fully saturated rings. The Labute approximate surface area is 153 Å². The maximum Gasteiger partial charge on any atom is 0.358 e. The molecular formula is C14H15N5O5S2. The first-order chi connectivity index (χ1) is 12.4. The zero-order valence-corrected chi connectivity index (χ0v) is 15.3. The predicted octanol–water partition coefficient (Wildman–Crippen LogP) is 0.0617. The number of esters is 1. The van der Waals surface area contributed by atoms with Crippen LogP contribution in [0.5, 0.6) is 0 Å². The second kappa shape index (κ2) is 7.25. The van der Waals surface area contributed by atoms with Gasteiger partial charge in [-0.2, -0.15) is 0 Å². The summed E-state index contributed by atoms with van der Waals surface area (Å²) in [6, 6.07) is 3.15. The van der Waals surface area contributed by atoms with Gasteiger partial charge in [0.2, 0.25) is 5.91 Å². The van der Waals surface area contributed by atoms with Gasteiger partial charge in [0.1, 0.15) is 5.82 Å². The molecule has 1 amide bonds. The fourth-order valence-electron chi connectivity index (χ4n) is 2.33. The van der Waals surface area contributed by atoms with E-state index in [1.165, 1.54) is 17.8 Å². The number of rotatable bonds is 5. The molecule has 2 aromatic rings. The summed E-state index contributed by atoms with van der Waals surface area (Å²) in [6.45, 7) is 1.34. The van der Waals surface area contributed by atoms with Gasteiger partial charge in [-0.15, -0.1) is 11.3 Å². The number of nitrogens with one attached hydrogen (secondary N) is 2. The zero-order chi connectivity index (χ0) is 18.7. The summed E-state index contributed by atoms with van der Waals surface area (Å²) < 4.78 is 31.6. The zero-order valence-electron chi connectivity index (χ0n) is 13.6. The summed E-state index contributed by atoms with van der Waals surface area (Å²) >= 11 is 0.810. The molecular weight excluding hydrogens is 382 g/mol. The van der Waals surface area contributed by atoms with Gasteiger partial charge in [0.05, 0.1) is 31.0 Å². The first-order valence-corrected chi connectivity index (χ1v) is 9.79. The number of methoxy groups -OCH3 is 1. The Balaban J connectivity index is 1.77. The maximum atomic E-state index is 12.5. The minimum absolute atomic E-state index is 0.0941. The Hall–Kier alpha value is -2.73. The molecule has 138 valence electrons. The van der Waals surface area contributed by atoms with Crippen molar-refractivity contribution in [2.24, 2.45) is 0 Å². The molecule has 0 spiro atoms. The van der Waals surface area contributed by atoms with Crippen molar-refractivity contribution in [1.29, 1.82) is 0 Å². The number of piperazine rings is 1. The number of sulfonamides is 1. The molecule has 26 heavy (non-hydrogen) atoms. The molecule has 0 radical (unpaired) electrons. The molecule has 0 bridgehead atoms. The van der Waals surface area contributed by atoms with Crippen molar-refractivity contribution in [2.45, 2.75) is 4.21 Å². The number of anilines is 2. The van der Waals surface area contributed by atoms with Crippen LogP contribution < -0.4 is 14.9 Å². The van der Waals surface area contributed by atoms with Crippen LogP contribution in [-0.4, -0.2) is 57.0 Å². The molecule has 2 N–H and O–H groups in total. The molecule has 0 aromatic carbocycles. The highest BCUT2D eigenvalue weighted by atomic mass is 32.2. The van der Waals surface area contributed by atoms with Crippen molar-refractivity contribution in [1.82, 2.24) is 15.3 Å². The maximum absolute atomic E-state index is 12.5. The van der Waals surface area contributed by atoms with Crippen LogP contribution in [0, 0.1) is 0 Å². The van der Waals surface area contributed by atoms with E-state index in [4.69, 9.17) is 0 Å². The molecule has 0 unspecified atom stereocenters. The average molecular weight is 397 g/mol. The lowest BCUT2D eigenvalue weighted by Crippen LogP contribution is -2.48. The second-order valence-electron chi connectivity index (χ2n) is 5.26. The summed E-state index contributed by atoms with van der Waals surface area (Å²) in [4.78, 5) is 32.8. The molecule has 1 aliphatic rings. The third kappa shape index (κ3) is 3.75. The number of aromatic nitrogens is 2. The molecule has 1 saturated heterocycles. The highest BCUT2D eigenvalue weighted by Gasteiger charge is 2.27. The Morgan fingerprint density at radius 3 is 2.85 bits per heavy atom. The van der Waals surface area contributed by atoms with Crippen LogP contribution in [0.2, 0.25) is 0 Å². The first-order valence-electron chi connectivity index (χ1n) is 7.43. The van der Waals surface area contributed by atoms with Crippen molar-refractivity contribution in [2.75, 3.05) is 36.4 Å². The van der Waals surface area contributed by atoms with Crippen molar-refractivity contribution in [3.05, 3.63) is 29.5 Å². The third-order valence-electron chi connectivity index (χ3n) is 3.52. The molecule has 2 aromatic heterocycles. The third-order valence-corrected chi connectivity index (χ3v) is 6.27. The lowest BCUT2D eigenvalue weighted by Gasteiger charge is -2.27. The van der Waals surface area contributed by atoms with Crippen LogP contribution in [0.15, 0.2) is 28.0 Å². The summed E-state index contributed by atoms with van der Waals surface area (Å²) in [6.07, 6.45) is 1.35. The van der Waals surface area contributed by atoms with E-state index in [1.54, 1.807) is 11.0 Å². The van der Waals surface area contributed by atoms with Crippen LogP contribution in [0.3, 0.4) is 0 Å². The van der Waals surface area contributed by atoms with E-state index < -0.39 is 16.0 Å². The molecule has 0 atom stereocenters. The molecule has 10 nitrogen and oxygen atoms in total. The Morgan fingerprint density at radius 1 is 1.38 bits per heavy atom. The molecule has 3 heterocycles. The number of carbonyl (C=O) groups excluding carboxylic acids is 2. The minimum Gasteiger partial charge on any atom is -0.464 e. The Morgan fingerprint density at radius 2 is 2.19 bits per heavy atom. The summed E-state index contributed by atoms with van der Waals surface area (Å²) in [5.74, 6) is -0.359. The fraction of sp³-hybridized carbons (Fsp3) is 0.286. The average Bonchev–Trinajstić information content (AvgIpc) is 3.12. The van der Waals surface area contributed by atoms with Gasteiger partial charge in [0.15, 0.2) is 9.90 Å². The number of thiazole rings is 1. The quantitative estimate of drug-likeness (QED) is 0.678. The van der Waals surface area contributed by atoms with Crippen molar-refractivity contribution in [3.8, 4) is 0 Å². The smallest absolute Gasteiger partial charge is 0.358 e. The standard InChI is InChI=1S/C14H15N5O5S2/c1-24-13(21)12-14(25-8-17-12)26(22,23)18-9-2-3-10(16-6-9)19-5-4-15-11(20)7-19/h2-3,6,8,18H,4-5,7H2,1H3,(H,15,20). The van der Waals surface area contributed by atoms with E-state index in [9.17, 15) is 18.0 Å². The molecule has 1 aliphatic heterocycles. The highest BCUT2D eigenvalue weighted by Crippen LogP contribution is 2.24. The van der Waals surface area contributed by atoms with Crippen LogP contribution >= 0.6 is 11.3 Å². The van der Waals surface area contributed by atoms with Crippen LogP contribution in [0.25, 0.3) is 0 Å². The highest BCUT2D eigenvalue weighted by molar-refractivity contribution is 7.94. The first kappa shape index (κ1) is 18.1. The van der Waals surface area contributed by atoms with Gasteiger partial charge in [-0.3, -0.25) is 9.52 Å². The van der Waals surface area contributed by atoms with Crippen LogP contribution in [0.4, 0.5) is 11.5 Å². The van der Waals surface area contributed by atoms with Gasteiger partial charge < -0.3 is 15.0 Å². The molecule has 0 saturated carbocycles. The molecule has 0 aliphatic carbocycles. The predicted molar refractivity (Wildman–Crippen MR) is 93.7 cm³/mol. The summed E-state index contributed by atoms with van der Waals surface area (Å²) in [5, 5.41) is 2.72. The summed E-state index contributed by atoms with van der Waals surface area (Å²) in [5.41, 5.74) is 1.21. The number of pyridine rings is 1. The minimum atomic E-state index is -4.01. The Bertz CT molecular complexity index is 925. The van der Waals surface area contributed by atoms with Gasteiger partial charge in [0.25, 0.3) is 10.0 Å². The van der Waals surface area contributed by atoms with Gasteiger partial charge in [0, 0.05) is 13.1 Å². The van der Waals surface area contributed by atoms with E-state index in [0.717, 1.165) is 18.4 Å². The van der Waals surface area contributed by atoms with Gasteiger partial charge in [-0.05, 0) is 12.1 Å².